The molecule has 4 aromatic rings. The van der Waals surface area contributed by atoms with Crippen molar-refractivity contribution in [3.05, 3.63) is 119 Å². The molecule has 1 aliphatic rings. The molecular formula is C28H20N2O3. The van der Waals surface area contributed by atoms with E-state index in [0.29, 0.717) is 39.2 Å². The first-order valence-electron chi connectivity index (χ1n) is 10.6. The Labute approximate surface area is 191 Å². The van der Waals surface area contributed by atoms with Gasteiger partial charge in [-0.15, -0.1) is 0 Å². The number of anilines is 2. The van der Waals surface area contributed by atoms with Crippen LogP contribution in [0.1, 0.15) is 42.2 Å². The maximum Gasteiger partial charge on any atom is 0.256 e. The summed E-state index contributed by atoms with van der Waals surface area (Å²) in [6.07, 6.45) is 0. The molecule has 0 saturated carbocycles. The average Bonchev–Trinajstić information content (AvgIpc) is 3.12. The Hall–Kier alpha value is -4.51. The van der Waals surface area contributed by atoms with Crippen LogP contribution in [0, 0.1) is 6.92 Å². The van der Waals surface area contributed by atoms with Gasteiger partial charge in [0.05, 0.1) is 0 Å². The highest BCUT2D eigenvalue weighted by atomic mass is 16.2. The molecule has 0 bridgehead atoms. The van der Waals surface area contributed by atoms with Gasteiger partial charge in [0.1, 0.15) is 0 Å². The number of hydrogen-bond donors (Lipinski definition) is 2. The Morgan fingerprint density at radius 1 is 0.636 bits per heavy atom. The normalized spacial score (nSPS) is 11.5. The van der Waals surface area contributed by atoms with E-state index in [9.17, 15) is 14.4 Å². The number of benzene rings is 4. The fraction of sp³-hybridized carbons (Fsp3) is 0.0357. The minimum atomic E-state index is -0.342. The van der Waals surface area contributed by atoms with Gasteiger partial charge in [0, 0.05) is 33.6 Å². The van der Waals surface area contributed by atoms with E-state index < -0.39 is 0 Å². The van der Waals surface area contributed by atoms with Crippen molar-refractivity contribution in [1.29, 1.82) is 0 Å². The molecule has 0 aliphatic heterocycles. The van der Waals surface area contributed by atoms with Gasteiger partial charge in [-0.1, -0.05) is 54.6 Å². The van der Waals surface area contributed by atoms with Crippen LogP contribution >= 0.6 is 0 Å². The quantitative estimate of drug-likeness (QED) is 0.382. The summed E-state index contributed by atoms with van der Waals surface area (Å²) in [4.78, 5) is 38.5. The molecule has 5 rings (SSSR count). The smallest absolute Gasteiger partial charge is 0.256 e. The number of rotatable bonds is 4. The Morgan fingerprint density at radius 2 is 1.33 bits per heavy atom. The molecule has 5 heteroatoms. The highest BCUT2D eigenvalue weighted by Gasteiger charge is 2.27. The van der Waals surface area contributed by atoms with Crippen molar-refractivity contribution >= 4 is 29.0 Å². The Morgan fingerprint density at radius 3 is 2.12 bits per heavy atom. The summed E-state index contributed by atoms with van der Waals surface area (Å²) < 4.78 is 0. The van der Waals surface area contributed by atoms with Crippen LogP contribution < -0.4 is 10.6 Å². The summed E-state index contributed by atoms with van der Waals surface area (Å²) in [6, 6.07) is 27.0. The maximum absolute atomic E-state index is 13.0. The van der Waals surface area contributed by atoms with Crippen LogP contribution in [0.3, 0.4) is 0 Å². The average molecular weight is 432 g/mol. The van der Waals surface area contributed by atoms with Crippen molar-refractivity contribution in [1.82, 2.24) is 0 Å². The van der Waals surface area contributed by atoms with Crippen molar-refractivity contribution in [3.8, 4) is 11.1 Å². The number of carbonyl (C=O) groups excluding carboxylic acids is 3. The molecule has 0 unspecified atom stereocenters. The lowest BCUT2D eigenvalue weighted by atomic mass is 10.0. The molecule has 4 aromatic carbocycles. The molecule has 0 radical (unpaired) electrons. The number of para-hydroxylation sites is 1. The van der Waals surface area contributed by atoms with Crippen LogP contribution in [0.5, 0.6) is 0 Å². The predicted octanol–water partition coefficient (Wildman–Crippen LogP) is 5.71. The highest BCUT2D eigenvalue weighted by Crippen LogP contribution is 2.36. The third-order valence-corrected chi connectivity index (χ3v) is 5.85. The van der Waals surface area contributed by atoms with E-state index in [0.717, 1.165) is 11.1 Å². The second-order valence-electron chi connectivity index (χ2n) is 7.89. The summed E-state index contributed by atoms with van der Waals surface area (Å²) in [5.41, 5.74) is 5.64. The fourth-order valence-corrected chi connectivity index (χ4v) is 4.10. The van der Waals surface area contributed by atoms with Crippen LogP contribution in [0.15, 0.2) is 91.0 Å². The second-order valence-corrected chi connectivity index (χ2v) is 7.89. The molecule has 2 amide bonds. The van der Waals surface area contributed by atoms with Gasteiger partial charge in [-0.25, -0.2) is 0 Å². The van der Waals surface area contributed by atoms with Gasteiger partial charge in [-0.3, -0.25) is 14.4 Å². The molecule has 160 valence electrons. The van der Waals surface area contributed by atoms with Crippen LogP contribution in [0.25, 0.3) is 11.1 Å². The first-order chi connectivity index (χ1) is 16.0. The topological polar surface area (TPSA) is 75.3 Å². The van der Waals surface area contributed by atoms with Crippen molar-refractivity contribution in [3.63, 3.8) is 0 Å². The van der Waals surface area contributed by atoms with Gasteiger partial charge >= 0.3 is 0 Å². The maximum atomic E-state index is 13.0. The molecule has 33 heavy (non-hydrogen) atoms. The molecule has 1 aliphatic carbocycles. The van der Waals surface area contributed by atoms with Crippen molar-refractivity contribution in [2.75, 3.05) is 10.6 Å². The zero-order valence-electron chi connectivity index (χ0n) is 17.9. The van der Waals surface area contributed by atoms with E-state index in [1.54, 1.807) is 43.3 Å². The van der Waals surface area contributed by atoms with Crippen molar-refractivity contribution in [2.24, 2.45) is 0 Å². The lowest BCUT2D eigenvalue weighted by Crippen LogP contribution is -2.17. The van der Waals surface area contributed by atoms with E-state index in [2.05, 4.69) is 10.6 Å². The van der Waals surface area contributed by atoms with Crippen molar-refractivity contribution in [2.45, 2.75) is 6.92 Å². The SMILES string of the molecule is Cc1c(NC(=O)c2ccc3c(c2)C(=O)c2ccccc2-3)cccc1C(=O)Nc1ccccc1. The second kappa shape index (κ2) is 8.20. The van der Waals surface area contributed by atoms with E-state index >= 15 is 0 Å². The Bertz CT molecular complexity index is 1420. The number of nitrogens with one attached hydrogen (secondary N) is 2. The zero-order valence-corrected chi connectivity index (χ0v) is 17.9. The molecule has 0 aromatic heterocycles. The van der Waals surface area contributed by atoms with Gasteiger partial charge in [0.15, 0.2) is 5.78 Å². The van der Waals surface area contributed by atoms with Crippen LogP contribution in [-0.2, 0) is 0 Å². The third-order valence-electron chi connectivity index (χ3n) is 5.85. The highest BCUT2D eigenvalue weighted by molar-refractivity contribution is 6.22. The summed E-state index contributed by atoms with van der Waals surface area (Å²) >= 11 is 0. The first-order valence-corrected chi connectivity index (χ1v) is 10.6. The Balaban J connectivity index is 1.38. The lowest BCUT2D eigenvalue weighted by Gasteiger charge is -2.13. The van der Waals surface area contributed by atoms with Crippen LogP contribution in [0.2, 0.25) is 0 Å². The molecule has 0 saturated heterocycles. The Kier molecular flexibility index (Phi) is 5.07. The number of fused-ring (bicyclic) bond motifs is 3. The molecule has 0 heterocycles. The van der Waals surface area contributed by atoms with E-state index in [4.69, 9.17) is 0 Å². The van der Waals surface area contributed by atoms with E-state index in [1.165, 1.54) is 0 Å². The molecular weight excluding hydrogens is 412 g/mol. The molecule has 2 N–H and O–H groups in total. The van der Waals surface area contributed by atoms with Gasteiger partial charge in [0.2, 0.25) is 0 Å². The molecule has 0 spiro atoms. The summed E-state index contributed by atoms with van der Waals surface area (Å²) in [5, 5.41) is 5.75. The van der Waals surface area contributed by atoms with Gasteiger partial charge in [-0.2, -0.15) is 0 Å². The minimum absolute atomic E-state index is 0.0778. The largest absolute Gasteiger partial charge is 0.322 e. The molecule has 0 atom stereocenters. The molecule has 0 fully saturated rings. The number of ketones is 1. The predicted molar refractivity (Wildman–Crippen MR) is 129 cm³/mol. The monoisotopic (exact) mass is 432 g/mol. The fourth-order valence-electron chi connectivity index (χ4n) is 4.10. The van der Waals surface area contributed by atoms with Gasteiger partial charge in [-0.05, 0) is 60.0 Å². The minimum Gasteiger partial charge on any atom is -0.322 e. The third kappa shape index (κ3) is 3.70. The van der Waals surface area contributed by atoms with Crippen LogP contribution in [0.4, 0.5) is 11.4 Å². The van der Waals surface area contributed by atoms with Crippen molar-refractivity contribution < 1.29 is 14.4 Å². The summed E-state index contributed by atoms with van der Waals surface area (Å²) in [6.45, 7) is 1.79. The van der Waals surface area contributed by atoms with Crippen LogP contribution in [-0.4, -0.2) is 17.6 Å². The van der Waals surface area contributed by atoms with Gasteiger partial charge < -0.3 is 10.6 Å². The van der Waals surface area contributed by atoms with Gasteiger partial charge in [0.25, 0.3) is 11.8 Å². The number of carbonyl (C=O) groups is 3. The van der Waals surface area contributed by atoms with E-state index in [-0.39, 0.29) is 17.6 Å². The molecule has 5 nitrogen and oxygen atoms in total. The number of amides is 2. The summed E-state index contributed by atoms with van der Waals surface area (Å²) in [5.74, 6) is -0.674. The zero-order chi connectivity index (χ0) is 22.9. The lowest BCUT2D eigenvalue weighted by molar-refractivity contribution is 0.101. The first kappa shape index (κ1) is 20.4. The number of hydrogen-bond acceptors (Lipinski definition) is 3. The standard InChI is InChI=1S/C28H20N2O3/c1-17-20(28(33)29-19-8-3-2-4-9-19)12-7-13-25(17)30-27(32)18-14-15-22-21-10-5-6-11-23(21)26(31)24(22)16-18/h2-16H,1H3,(H,29,33)(H,30,32). The van der Waals surface area contributed by atoms with E-state index in [1.807, 2.05) is 54.6 Å². The summed E-state index contributed by atoms with van der Waals surface area (Å²) in [7, 11) is 0.